The number of rotatable bonds is 8. The average molecular weight is 599 g/mol. The highest BCUT2D eigenvalue weighted by atomic mass is 31.2. The summed E-state index contributed by atoms with van der Waals surface area (Å²) in [5.41, 5.74) is 3.48. The first kappa shape index (κ1) is 32.2. The van der Waals surface area contributed by atoms with Crippen molar-refractivity contribution in [2.24, 2.45) is 0 Å². The largest absolute Gasteiger partial charge is 0.507 e. The molecule has 4 rings (SSSR count). The summed E-state index contributed by atoms with van der Waals surface area (Å²) in [7, 11) is -4.17. The van der Waals surface area contributed by atoms with E-state index in [2.05, 4.69) is 4.98 Å². The van der Waals surface area contributed by atoms with Gasteiger partial charge in [0.2, 0.25) is 7.37 Å². The zero-order chi connectivity index (χ0) is 31.6. The predicted molar refractivity (Wildman–Crippen MR) is 175 cm³/mol. The summed E-state index contributed by atoms with van der Waals surface area (Å²) in [6.07, 6.45) is 1.84. The Kier molecular flexibility index (Phi) is 9.34. The lowest BCUT2D eigenvalue weighted by Gasteiger charge is -2.37. The molecule has 6 nitrogen and oxygen atoms in total. The molecule has 43 heavy (non-hydrogen) atoms. The molecule has 226 valence electrons. The number of aromatic nitrogens is 1. The van der Waals surface area contributed by atoms with Gasteiger partial charge in [0.05, 0.1) is 0 Å². The fourth-order valence-electron chi connectivity index (χ4n) is 5.25. The van der Waals surface area contributed by atoms with Crippen molar-refractivity contribution in [3.8, 4) is 5.75 Å². The summed E-state index contributed by atoms with van der Waals surface area (Å²) in [5, 5.41) is 11.5. The Morgan fingerprint density at radius 3 is 1.93 bits per heavy atom. The number of hydrogen-bond donors (Lipinski definition) is 2. The second-order valence-electron chi connectivity index (χ2n) is 13.3. The molecule has 1 heterocycles. The molecule has 0 fully saturated rings. The van der Waals surface area contributed by atoms with E-state index in [1.54, 1.807) is 48.7 Å². The molecule has 1 aromatic heterocycles. The van der Waals surface area contributed by atoms with Gasteiger partial charge < -0.3 is 10.00 Å². The van der Waals surface area contributed by atoms with Crippen molar-refractivity contribution >= 4 is 19.0 Å². The Bertz CT molecular complexity index is 1570. The van der Waals surface area contributed by atoms with E-state index in [1.165, 1.54) is 4.90 Å². The number of para-hydroxylation sites is 1. The smallest absolute Gasteiger partial charge is 0.259 e. The SMILES string of the molecule is Cc1ccc(C(=O)N(c2ccccc2)C(c2cc(C(C)(C)C)c(O)c(C(C)(C)C)c2)P(=O)(O)CCc2ccccn2)cc1. The van der Waals surface area contributed by atoms with E-state index in [4.69, 9.17) is 0 Å². The van der Waals surface area contributed by atoms with Crippen molar-refractivity contribution < 1.29 is 19.4 Å². The van der Waals surface area contributed by atoms with E-state index >= 15 is 0 Å². The van der Waals surface area contributed by atoms with Crippen LogP contribution in [-0.2, 0) is 21.8 Å². The van der Waals surface area contributed by atoms with Crippen LogP contribution in [0.4, 0.5) is 5.69 Å². The third-order valence-electron chi connectivity index (χ3n) is 7.64. The molecule has 0 spiro atoms. The normalized spacial score (nSPS) is 14.1. The van der Waals surface area contributed by atoms with E-state index < -0.39 is 24.0 Å². The van der Waals surface area contributed by atoms with Gasteiger partial charge in [-0.2, -0.15) is 0 Å². The van der Waals surface area contributed by atoms with E-state index in [-0.39, 0.29) is 24.2 Å². The molecule has 0 bridgehead atoms. The lowest BCUT2D eigenvalue weighted by molar-refractivity contribution is 0.0981. The second-order valence-corrected chi connectivity index (χ2v) is 15.7. The Labute approximate surface area is 255 Å². The summed E-state index contributed by atoms with van der Waals surface area (Å²) in [4.78, 5) is 32.4. The number of carbonyl (C=O) groups is 1. The molecule has 4 aromatic rings. The summed E-state index contributed by atoms with van der Waals surface area (Å²) >= 11 is 0. The number of aryl methyl sites for hydroxylation is 2. The van der Waals surface area contributed by atoms with Crippen LogP contribution in [0.5, 0.6) is 5.75 Å². The minimum Gasteiger partial charge on any atom is -0.507 e. The van der Waals surface area contributed by atoms with Crippen molar-refractivity contribution in [2.75, 3.05) is 11.1 Å². The molecule has 0 aliphatic rings. The summed E-state index contributed by atoms with van der Waals surface area (Å²) in [6.45, 7) is 13.9. The maximum Gasteiger partial charge on any atom is 0.259 e. The minimum absolute atomic E-state index is 0.0875. The van der Waals surface area contributed by atoms with Crippen molar-refractivity contribution in [3.05, 3.63) is 125 Å². The van der Waals surface area contributed by atoms with Gasteiger partial charge >= 0.3 is 0 Å². The first-order valence-corrected chi connectivity index (χ1v) is 16.6. The van der Waals surface area contributed by atoms with Crippen molar-refractivity contribution in [2.45, 2.75) is 71.5 Å². The maximum absolute atomic E-state index is 14.8. The van der Waals surface area contributed by atoms with Crippen LogP contribution >= 0.6 is 7.37 Å². The third kappa shape index (κ3) is 7.44. The molecule has 0 aliphatic heterocycles. The molecule has 2 unspecified atom stereocenters. The summed E-state index contributed by atoms with van der Waals surface area (Å²) in [6, 6.07) is 25.4. The van der Waals surface area contributed by atoms with Crippen LogP contribution in [0.3, 0.4) is 0 Å². The second kappa shape index (κ2) is 12.5. The van der Waals surface area contributed by atoms with Crippen LogP contribution < -0.4 is 4.90 Å². The standard InChI is InChI=1S/C36H43N2O4P/c1-25-16-18-26(19-17-25)33(40)38(29-14-9-8-10-15-29)34(43(41,42)22-20-28-13-11-12-21-37-28)27-23-30(35(2,3)4)32(39)31(24-27)36(5,6)7/h8-19,21,23-24,34,39H,20,22H2,1-7H3,(H,41,42). The highest BCUT2D eigenvalue weighted by Gasteiger charge is 2.42. The number of nitrogens with zero attached hydrogens (tertiary/aromatic N) is 2. The minimum atomic E-state index is -4.17. The van der Waals surface area contributed by atoms with Crippen LogP contribution in [0, 0.1) is 6.92 Å². The number of phenols is 1. The molecule has 0 aliphatic carbocycles. The number of carbonyl (C=O) groups excluding carboxylic acids is 1. The molecule has 0 saturated heterocycles. The lowest BCUT2D eigenvalue weighted by Crippen LogP contribution is -2.36. The van der Waals surface area contributed by atoms with Crippen LogP contribution in [0.1, 0.15) is 85.6 Å². The topological polar surface area (TPSA) is 90.7 Å². The van der Waals surface area contributed by atoms with Gasteiger partial charge in [0.15, 0.2) is 0 Å². The van der Waals surface area contributed by atoms with Gasteiger partial charge in [0.1, 0.15) is 11.5 Å². The summed E-state index contributed by atoms with van der Waals surface area (Å²) in [5.74, 6) is -1.44. The Morgan fingerprint density at radius 1 is 0.860 bits per heavy atom. The Morgan fingerprint density at radius 2 is 1.42 bits per heavy atom. The molecule has 1 amide bonds. The van der Waals surface area contributed by atoms with E-state index in [1.807, 2.05) is 90.9 Å². The van der Waals surface area contributed by atoms with E-state index in [0.717, 1.165) is 5.56 Å². The predicted octanol–water partition coefficient (Wildman–Crippen LogP) is 8.55. The first-order chi connectivity index (χ1) is 20.1. The molecular formula is C36H43N2O4P. The number of amides is 1. The zero-order valence-electron chi connectivity index (χ0n) is 26.2. The van der Waals surface area contributed by atoms with Crippen LogP contribution in [0.15, 0.2) is 91.1 Å². The van der Waals surface area contributed by atoms with E-state index in [9.17, 15) is 19.4 Å². The number of aromatic hydroxyl groups is 1. The maximum atomic E-state index is 14.8. The van der Waals surface area contributed by atoms with Crippen molar-refractivity contribution in [1.82, 2.24) is 4.98 Å². The van der Waals surface area contributed by atoms with E-state index in [0.29, 0.717) is 33.6 Å². The van der Waals surface area contributed by atoms with Gasteiger partial charge in [0.25, 0.3) is 5.91 Å². The Balaban J connectivity index is 2.01. The van der Waals surface area contributed by atoms with Crippen molar-refractivity contribution in [3.63, 3.8) is 0 Å². The zero-order valence-corrected chi connectivity index (χ0v) is 27.1. The number of hydrogen-bond acceptors (Lipinski definition) is 4. The Hall–Kier alpha value is -3.73. The molecule has 2 atom stereocenters. The first-order valence-electron chi connectivity index (χ1n) is 14.6. The van der Waals surface area contributed by atoms with Gasteiger partial charge in [-0.15, -0.1) is 0 Å². The average Bonchev–Trinajstić information content (AvgIpc) is 2.95. The van der Waals surface area contributed by atoms with Crippen LogP contribution in [-0.4, -0.2) is 27.1 Å². The fraction of sp³-hybridized carbons (Fsp3) is 0.333. The van der Waals surface area contributed by atoms with Gasteiger partial charge in [-0.1, -0.05) is 83.5 Å². The van der Waals surface area contributed by atoms with Gasteiger partial charge in [-0.25, -0.2) is 0 Å². The van der Waals surface area contributed by atoms with Crippen LogP contribution in [0.2, 0.25) is 0 Å². The number of pyridine rings is 1. The lowest BCUT2D eigenvalue weighted by atomic mass is 9.78. The fourth-order valence-corrected chi connectivity index (χ4v) is 7.26. The van der Waals surface area contributed by atoms with Crippen LogP contribution in [0.25, 0.3) is 0 Å². The molecule has 2 N–H and O–H groups in total. The quantitative estimate of drug-likeness (QED) is 0.198. The highest BCUT2D eigenvalue weighted by molar-refractivity contribution is 7.58. The number of benzene rings is 3. The number of anilines is 1. The number of phenolic OH excluding ortho intramolecular Hbond substituents is 1. The monoisotopic (exact) mass is 598 g/mol. The van der Waals surface area contributed by atoms with Crippen molar-refractivity contribution in [1.29, 1.82) is 0 Å². The molecule has 7 heteroatoms. The highest BCUT2D eigenvalue weighted by Crippen LogP contribution is 2.59. The third-order valence-corrected chi connectivity index (χ3v) is 9.80. The van der Waals surface area contributed by atoms with Gasteiger partial charge in [-0.3, -0.25) is 19.2 Å². The van der Waals surface area contributed by atoms with Gasteiger partial charge in [0, 0.05) is 29.3 Å². The molecule has 0 saturated carbocycles. The van der Waals surface area contributed by atoms with Gasteiger partial charge in [-0.05, 0) is 89.4 Å². The molecule has 3 aromatic carbocycles. The summed E-state index contributed by atoms with van der Waals surface area (Å²) < 4.78 is 14.8. The molecule has 0 radical (unpaired) electrons. The molecular weight excluding hydrogens is 555 g/mol.